The van der Waals surface area contributed by atoms with Crippen molar-refractivity contribution < 1.29 is 4.39 Å². The van der Waals surface area contributed by atoms with Crippen LogP contribution in [0.2, 0.25) is 0 Å². The van der Waals surface area contributed by atoms with Gasteiger partial charge in [0.15, 0.2) is 5.96 Å². The van der Waals surface area contributed by atoms with Crippen LogP contribution in [-0.2, 0) is 6.42 Å². The van der Waals surface area contributed by atoms with E-state index in [9.17, 15) is 4.39 Å². The van der Waals surface area contributed by atoms with E-state index in [1.54, 1.807) is 12.1 Å². The Morgan fingerprint density at radius 1 is 1.21 bits per heavy atom. The lowest BCUT2D eigenvalue weighted by Gasteiger charge is -2.36. The van der Waals surface area contributed by atoms with Gasteiger partial charge in [0, 0.05) is 55.9 Å². The number of H-pyrrole nitrogens is 1. The van der Waals surface area contributed by atoms with Crippen LogP contribution in [0, 0.1) is 5.82 Å². The molecular weight excluding hydrogens is 353 g/mol. The summed E-state index contributed by atoms with van der Waals surface area (Å²) in [6.45, 7) is 3.16. The predicted octanol–water partition coefficient (Wildman–Crippen LogP) is 3.42. The monoisotopic (exact) mass is 385 g/mol. The fraction of sp³-hybridized carbons (Fsp3) is 0.591. The second-order valence-electron chi connectivity index (χ2n) is 8.15. The quantitative estimate of drug-likeness (QED) is 0.546. The Kier molecular flexibility index (Phi) is 6.15. The van der Waals surface area contributed by atoms with Crippen molar-refractivity contribution in [2.75, 3.05) is 26.7 Å². The summed E-state index contributed by atoms with van der Waals surface area (Å²) in [6.07, 6.45) is 10.7. The van der Waals surface area contributed by atoms with Crippen LogP contribution in [-0.4, -0.2) is 54.6 Å². The number of nitrogens with one attached hydrogen (secondary N) is 3. The summed E-state index contributed by atoms with van der Waals surface area (Å²) in [5.74, 6) is 0.674. The number of benzene rings is 1. The van der Waals surface area contributed by atoms with Gasteiger partial charge in [-0.25, -0.2) is 4.39 Å². The van der Waals surface area contributed by atoms with Gasteiger partial charge in [-0.1, -0.05) is 12.8 Å². The lowest BCUT2D eigenvalue weighted by molar-refractivity contribution is 0.150. The fourth-order valence-electron chi connectivity index (χ4n) is 4.74. The molecule has 0 atom stereocenters. The number of halogens is 1. The molecule has 1 aromatic heterocycles. The molecule has 1 saturated heterocycles. The van der Waals surface area contributed by atoms with Crippen LogP contribution in [0.3, 0.4) is 0 Å². The molecule has 0 radical (unpaired) electrons. The molecule has 0 unspecified atom stereocenters. The topological polar surface area (TPSA) is 55.5 Å². The number of rotatable bonds is 5. The molecule has 2 aliphatic rings. The first-order chi connectivity index (χ1) is 13.7. The molecule has 1 aliphatic carbocycles. The summed E-state index contributed by atoms with van der Waals surface area (Å²) in [7, 11) is 1.82. The lowest BCUT2D eigenvalue weighted by atomic mass is 10.0. The third-order valence-corrected chi connectivity index (χ3v) is 6.35. The molecule has 152 valence electrons. The van der Waals surface area contributed by atoms with E-state index in [2.05, 4.69) is 25.5 Å². The van der Waals surface area contributed by atoms with Gasteiger partial charge in [0.1, 0.15) is 5.82 Å². The van der Waals surface area contributed by atoms with Gasteiger partial charge in [0.2, 0.25) is 0 Å². The zero-order chi connectivity index (χ0) is 19.3. The molecule has 4 rings (SSSR count). The molecule has 5 nitrogen and oxygen atoms in total. The van der Waals surface area contributed by atoms with Gasteiger partial charge in [0.05, 0.1) is 0 Å². The third kappa shape index (κ3) is 4.49. The van der Waals surface area contributed by atoms with Crippen molar-refractivity contribution in [3.63, 3.8) is 0 Å². The number of aromatic amines is 1. The van der Waals surface area contributed by atoms with Crippen LogP contribution in [0.1, 0.15) is 44.1 Å². The van der Waals surface area contributed by atoms with Crippen molar-refractivity contribution in [1.82, 2.24) is 20.5 Å². The highest BCUT2D eigenvalue weighted by Crippen LogP contribution is 2.26. The summed E-state index contributed by atoms with van der Waals surface area (Å²) in [5, 5.41) is 7.97. The Hall–Kier alpha value is -2.08. The van der Waals surface area contributed by atoms with Crippen molar-refractivity contribution in [1.29, 1.82) is 0 Å². The first-order valence-corrected chi connectivity index (χ1v) is 10.7. The summed E-state index contributed by atoms with van der Waals surface area (Å²) in [6, 6.07) is 6.21. The third-order valence-electron chi connectivity index (χ3n) is 6.35. The number of aromatic nitrogens is 1. The number of hydrogen-bond acceptors (Lipinski definition) is 2. The lowest BCUT2D eigenvalue weighted by Crippen LogP contribution is -2.50. The van der Waals surface area contributed by atoms with Gasteiger partial charge < -0.3 is 20.5 Å². The maximum atomic E-state index is 13.5. The molecule has 1 saturated carbocycles. The molecule has 1 aromatic carbocycles. The predicted molar refractivity (Wildman–Crippen MR) is 113 cm³/mol. The van der Waals surface area contributed by atoms with E-state index in [-0.39, 0.29) is 5.82 Å². The van der Waals surface area contributed by atoms with Gasteiger partial charge >= 0.3 is 0 Å². The molecule has 1 aliphatic heterocycles. The van der Waals surface area contributed by atoms with Gasteiger partial charge in [0.25, 0.3) is 0 Å². The second kappa shape index (κ2) is 8.95. The van der Waals surface area contributed by atoms with Crippen LogP contribution < -0.4 is 10.6 Å². The molecule has 3 N–H and O–H groups in total. The molecule has 0 spiro atoms. The Bertz CT molecular complexity index is 800. The molecule has 2 aromatic rings. The SMILES string of the molecule is CN=C(NCCc1c[nH]c2ccc(F)cc12)NC1CCN(C2CCCC2)CC1. The average Bonchev–Trinajstić information content (AvgIpc) is 3.38. The van der Waals surface area contributed by atoms with Crippen molar-refractivity contribution >= 4 is 16.9 Å². The molecule has 6 heteroatoms. The molecule has 28 heavy (non-hydrogen) atoms. The number of guanidine groups is 1. The van der Waals surface area contributed by atoms with Gasteiger partial charge in [-0.15, -0.1) is 0 Å². The minimum Gasteiger partial charge on any atom is -0.361 e. The van der Waals surface area contributed by atoms with Crippen LogP contribution in [0.4, 0.5) is 4.39 Å². The number of likely N-dealkylation sites (tertiary alicyclic amines) is 1. The Morgan fingerprint density at radius 2 is 2.00 bits per heavy atom. The standard InChI is InChI=1S/C22H32FN5/c1-24-22(27-18-9-12-28(13-10-18)19-4-2-3-5-19)25-11-8-16-15-26-21-7-6-17(23)14-20(16)21/h6-7,14-15,18-19,26H,2-5,8-13H2,1H3,(H2,24,25,27). The Labute approximate surface area is 166 Å². The van der Waals surface area contributed by atoms with Crippen LogP contribution in [0.25, 0.3) is 10.9 Å². The highest BCUT2D eigenvalue weighted by atomic mass is 19.1. The van der Waals surface area contributed by atoms with E-state index in [1.807, 2.05) is 13.2 Å². The first kappa shape index (κ1) is 19.2. The van der Waals surface area contributed by atoms with E-state index in [0.717, 1.165) is 41.4 Å². The van der Waals surface area contributed by atoms with Crippen molar-refractivity contribution in [3.8, 4) is 0 Å². The molecule has 2 fully saturated rings. The van der Waals surface area contributed by atoms with Crippen molar-refractivity contribution in [2.45, 2.75) is 57.0 Å². The van der Waals surface area contributed by atoms with E-state index in [0.29, 0.717) is 6.04 Å². The fourth-order valence-corrected chi connectivity index (χ4v) is 4.74. The first-order valence-electron chi connectivity index (χ1n) is 10.7. The van der Waals surface area contributed by atoms with Gasteiger partial charge in [-0.3, -0.25) is 4.99 Å². The number of fused-ring (bicyclic) bond motifs is 1. The molecular formula is C22H32FN5. The van der Waals surface area contributed by atoms with Crippen molar-refractivity contribution in [3.05, 3.63) is 35.8 Å². The zero-order valence-corrected chi connectivity index (χ0v) is 16.8. The highest BCUT2D eigenvalue weighted by molar-refractivity contribution is 5.83. The maximum Gasteiger partial charge on any atom is 0.191 e. The zero-order valence-electron chi connectivity index (χ0n) is 16.8. The smallest absolute Gasteiger partial charge is 0.191 e. The molecule has 0 amide bonds. The summed E-state index contributed by atoms with van der Waals surface area (Å²) < 4.78 is 13.5. The van der Waals surface area contributed by atoms with E-state index < -0.39 is 0 Å². The van der Waals surface area contributed by atoms with Gasteiger partial charge in [-0.2, -0.15) is 0 Å². The Morgan fingerprint density at radius 3 is 2.75 bits per heavy atom. The average molecular weight is 386 g/mol. The summed E-state index contributed by atoms with van der Waals surface area (Å²) in [5.41, 5.74) is 2.11. The largest absolute Gasteiger partial charge is 0.361 e. The van der Waals surface area contributed by atoms with Crippen LogP contribution >= 0.6 is 0 Å². The van der Waals surface area contributed by atoms with Crippen LogP contribution in [0.5, 0.6) is 0 Å². The minimum atomic E-state index is -0.192. The molecule has 0 bridgehead atoms. The number of nitrogens with zero attached hydrogens (tertiary/aromatic N) is 2. The second-order valence-corrected chi connectivity index (χ2v) is 8.15. The Balaban J connectivity index is 1.23. The van der Waals surface area contributed by atoms with E-state index in [1.165, 1.54) is 57.7 Å². The highest BCUT2D eigenvalue weighted by Gasteiger charge is 2.27. The number of aliphatic imine (C=N–C) groups is 1. The molecule has 2 heterocycles. The summed E-state index contributed by atoms with van der Waals surface area (Å²) >= 11 is 0. The van der Waals surface area contributed by atoms with Crippen LogP contribution in [0.15, 0.2) is 29.4 Å². The van der Waals surface area contributed by atoms with E-state index >= 15 is 0 Å². The number of piperidine rings is 1. The minimum absolute atomic E-state index is 0.192. The maximum absolute atomic E-state index is 13.5. The van der Waals surface area contributed by atoms with Gasteiger partial charge in [-0.05, 0) is 55.9 Å². The summed E-state index contributed by atoms with van der Waals surface area (Å²) in [4.78, 5) is 10.3. The number of hydrogen-bond donors (Lipinski definition) is 3. The van der Waals surface area contributed by atoms with E-state index in [4.69, 9.17) is 0 Å². The normalized spacial score (nSPS) is 20.1. The van der Waals surface area contributed by atoms with Crippen molar-refractivity contribution in [2.24, 2.45) is 4.99 Å².